The van der Waals surface area contributed by atoms with E-state index in [-0.39, 0.29) is 36.7 Å². The Morgan fingerprint density at radius 1 is 0.926 bits per heavy atom. The third kappa shape index (κ3) is 7.65. The lowest BCUT2D eigenvalue weighted by molar-refractivity contribution is -0.121. The molecule has 2 aromatic carbocycles. The van der Waals surface area contributed by atoms with Crippen molar-refractivity contribution in [1.29, 1.82) is 0 Å². The summed E-state index contributed by atoms with van der Waals surface area (Å²) in [6, 6.07) is 17.2. The van der Waals surface area contributed by atoms with Crippen LogP contribution in [0.4, 0.5) is 0 Å². The van der Waals surface area contributed by atoms with Crippen LogP contribution in [0.3, 0.4) is 0 Å². The smallest absolute Gasteiger partial charge is 0.220 e. The molecule has 0 saturated heterocycles. The highest BCUT2D eigenvalue weighted by molar-refractivity contribution is 5.97. The number of hydrogen-bond acceptors (Lipinski definition) is 3. The largest absolute Gasteiger partial charge is 0.491 e. The zero-order valence-electron chi connectivity index (χ0n) is 16.4. The number of ether oxygens (including phenoxy) is 1. The van der Waals surface area contributed by atoms with Crippen molar-refractivity contribution in [1.82, 2.24) is 5.32 Å². The normalized spacial score (nSPS) is 11.9. The molecule has 0 saturated carbocycles. The minimum absolute atomic E-state index is 0.00195. The van der Waals surface area contributed by atoms with Crippen LogP contribution in [-0.4, -0.2) is 23.8 Å². The summed E-state index contributed by atoms with van der Waals surface area (Å²) < 4.78 is 5.64. The van der Waals surface area contributed by atoms with Gasteiger partial charge in [0.1, 0.15) is 5.75 Å². The van der Waals surface area contributed by atoms with Crippen molar-refractivity contribution in [2.24, 2.45) is 0 Å². The van der Waals surface area contributed by atoms with Gasteiger partial charge in [0.15, 0.2) is 5.78 Å². The Balaban J connectivity index is 1.69. The summed E-state index contributed by atoms with van der Waals surface area (Å²) in [6.07, 6.45) is 2.36. The Morgan fingerprint density at radius 3 is 2.22 bits per heavy atom. The number of hydrogen-bond donors (Lipinski definition) is 1. The van der Waals surface area contributed by atoms with Crippen LogP contribution in [0.1, 0.15) is 56.0 Å². The third-order valence-electron chi connectivity index (χ3n) is 4.24. The monoisotopic (exact) mass is 367 g/mol. The maximum Gasteiger partial charge on any atom is 0.220 e. The average Bonchev–Trinajstić information content (AvgIpc) is 2.66. The van der Waals surface area contributed by atoms with Crippen LogP contribution in [0.2, 0.25) is 0 Å². The van der Waals surface area contributed by atoms with Gasteiger partial charge in [-0.1, -0.05) is 42.5 Å². The molecule has 2 aromatic rings. The Kier molecular flexibility index (Phi) is 8.05. The van der Waals surface area contributed by atoms with Crippen LogP contribution in [0, 0.1) is 0 Å². The second-order valence-corrected chi connectivity index (χ2v) is 7.11. The number of benzene rings is 2. The third-order valence-corrected chi connectivity index (χ3v) is 4.24. The molecular formula is C23H29NO3. The topological polar surface area (TPSA) is 55.4 Å². The van der Waals surface area contributed by atoms with Crippen LogP contribution in [0.25, 0.3) is 0 Å². The van der Waals surface area contributed by atoms with Crippen molar-refractivity contribution in [3.8, 4) is 5.75 Å². The number of Topliss-reactive ketones (excluding diaryl/α,β-unsaturated/α-hetero) is 1. The minimum atomic E-state index is -0.0764. The molecule has 4 nitrogen and oxygen atoms in total. The molecule has 0 aliphatic rings. The van der Waals surface area contributed by atoms with Crippen molar-refractivity contribution in [2.75, 3.05) is 0 Å². The van der Waals surface area contributed by atoms with Gasteiger partial charge in [-0.15, -0.1) is 0 Å². The molecule has 144 valence electrons. The zero-order valence-corrected chi connectivity index (χ0v) is 16.4. The summed E-state index contributed by atoms with van der Waals surface area (Å²) in [7, 11) is 0. The summed E-state index contributed by atoms with van der Waals surface area (Å²) in [4.78, 5) is 24.1. The summed E-state index contributed by atoms with van der Waals surface area (Å²) in [5.74, 6) is 0.799. The Hall–Kier alpha value is -2.62. The SMILES string of the molecule is CC(CCc1ccc(OC(C)C)cc1)NC(=O)CCC(=O)c1ccccc1. The molecule has 0 aliphatic carbocycles. The lowest BCUT2D eigenvalue weighted by Crippen LogP contribution is -2.33. The fourth-order valence-corrected chi connectivity index (χ4v) is 2.80. The van der Waals surface area contributed by atoms with Gasteiger partial charge in [-0.05, 0) is 51.3 Å². The van der Waals surface area contributed by atoms with E-state index in [9.17, 15) is 9.59 Å². The van der Waals surface area contributed by atoms with Crippen LogP contribution >= 0.6 is 0 Å². The minimum Gasteiger partial charge on any atom is -0.491 e. The van der Waals surface area contributed by atoms with E-state index >= 15 is 0 Å². The molecule has 4 heteroatoms. The van der Waals surface area contributed by atoms with E-state index in [0.717, 1.165) is 18.6 Å². The number of rotatable bonds is 10. The van der Waals surface area contributed by atoms with E-state index in [1.54, 1.807) is 12.1 Å². The highest BCUT2D eigenvalue weighted by Crippen LogP contribution is 2.15. The summed E-state index contributed by atoms with van der Waals surface area (Å²) >= 11 is 0. The number of amides is 1. The molecule has 1 amide bonds. The van der Waals surface area contributed by atoms with Crippen LogP contribution < -0.4 is 10.1 Å². The van der Waals surface area contributed by atoms with Crippen molar-refractivity contribution in [2.45, 2.75) is 58.6 Å². The molecule has 0 radical (unpaired) electrons. The molecule has 1 unspecified atom stereocenters. The fourth-order valence-electron chi connectivity index (χ4n) is 2.80. The Labute approximate surface area is 161 Å². The predicted molar refractivity (Wildman–Crippen MR) is 108 cm³/mol. The molecule has 0 spiro atoms. The van der Waals surface area contributed by atoms with E-state index in [0.29, 0.717) is 5.56 Å². The van der Waals surface area contributed by atoms with Gasteiger partial charge in [0.2, 0.25) is 5.91 Å². The van der Waals surface area contributed by atoms with E-state index in [2.05, 4.69) is 17.4 Å². The number of aryl methyl sites for hydroxylation is 1. The van der Waals surface area contributed by atoms with Gasteiger partial charge in [0.05, 0.1) is 6.10 Å². The molecule has 2 rings (SSSR count). The molecule has 0 aromatic heterocycles. The first-order chi connectivity index (χ1) is 12.9. The second kappa shape index (κ2) is 10.5. The predicted octanol–water partition coefficient (Wildman–Crippen LogP) is 4.57. The average molecular weight is 367 g/mol. The van der Waals surface area contributed by atoms with E-state index in [1.807, 2.05) is 51.1 Å². The zero-order chi connectivity index (χ0) is 19.6. The van der Waals surface area contributed by atoms with Gasteiger partial charge in [-0.3, -0.25) is 9.59 Å². The van der Waals surface area contributed by atoms with Gasteiger partial charge >= 0.3 is 0 Å². The lowest BCUT2D eigenvalue weighted by atomic mass is 10.0. The first-order valence-corrected chi connectivity index (χ1v) is 9.57. The van der Waals surface area contributed by atoms with E-state index < -0.39 is 0 Å². The van der Waals surface area contributed by atoms with Crippen molar-refractivity contribution < 1.29 is 14.3 Å². The molecular weight excluding hydrogens is 338 g/mol. The molecule has 27 heavy (non-hydrogen) atoms. The van der Waals surface area contributed by atoms with Gasteiger partial charge in [-0.25, -0.2) is 0 Å². The van der Waals surface area contributed by atoms with Crippen LogP contribution in [0.15, 0.2) is 54.6 Å². The quantitative estimate of drug-likeness (QED) is 0.626. The highest BCUT2D eigenvalue weighted by atomic mass is 16.5. The van der Waals surface area contributed by atoms with Crippen molar-refractivity contribution in [3.05, 3.63) is 65.7 Å². The number of ketones is 1. The summed E-state index contributed by atoms with van der Waals surface area (Å²) in [6.45, 7) is 6.00. The van der Waals surface area contributed by atoms with Gasteiger partial charge in [0.25, 0.3) is 0 Å². The number of carbonyl (C=O) groups excluding carboxylic acids is 2. The first-order valence-electron chi connectivity index (χ1n) is 9.57. The standard InChI is InChI=1S/C23H29NO3/c1-17(2)27-21-13-11-19(12-14-21)10-9-18(3)24-23(26)16-15-22(25)20-7-5-4-6-8-20/h4-8,11-14,17-18H,9-10,15-16H2,1-3H3,(H,24,26). The highest BCUT2D eigenvalue weighted by Gasteiger charge is 2.11. The van der Waals surface area contributed by atoms with Crippen LogP contribution in [-0.2, 0) is 11.2 Å². The van der Waals surface area contributed by atoms with Crippen LogP contribution in [0.5, 0.6) is 5.75 Å². The Morgan fingerprint density at radius 2 is 1.59 bits per heavy atom. The molecule has 0 fully saturated rings. The molecule has 0 aliphatic heterocycles. The maximum absolute atomic E-state index is 12.1. The molecule has 1 N–H and O–H groups in total. The molecule has 0 bridgehead atoms. The van der Waals surface area contributed by atoms with Gasteiger partial charge in [-0.2, -0.15) is 0 Å². The van der Waals surface area contributed by atoms with Gasteiger partial charge in [0, 0.05) is 24.4 Å². The summed E-state index contributed by atoms with van der Waals surface area (Å²) in [5.41, 5.74) is 1.87. The second-order valence-electron chi connectivity index (χ2n) is 7.11. The number of nitrogens with one attached hydrogen (secondary N) is 1. The molecule has 1 atom stereocenters. The van der Waals surface area contributed by atoms with Gasteiger partial charge < -0.3 is 10.1 Å². The summed E-state index contributed by atoms with van der Waals surface area (Å²) in [5, 5.41) is 2.98. The van der Waals surface area contributed by atoms with Crippen molar-refractivity contribution >= 4 is 11.7 Å². The Bertz CT molecular complexity index is 723. The van der Waals surface area contributed by atoms with Crippen molar-refractivity contribution in [3.63, 3.8) is 0 Å². The maximum atomic E-state index is 12.1. The first kappa shape index (κ1) is 20.7. The fraction of sp³-hybridized carbons (Fsp3) is 0.391. The molecule has 0 heterocycles. The number of carbonyl (C=O) groups is 2. The lowest BCUT2D eigenvalue weighted by Gasteiger charge is -2.14. The van der Waals surface area contributed by atoms with E-state index in [1.165, 1.54) is 5.56 Å². The van der Waals surface area contributed by atoms with E-state index in [4.69, 9.17) is 4.74 Å².